The molecule has 0 saturated carbocycles. The van der Waals surface area contributed by atoms with Gasteiger partial charge in [-0.25, -0.2) is 0 Å². The third kappa shape index (κ3) is 3.85. The first-order chi connectivity index (χ1) is 10.2. The highest BCUT2D eigenvalue weighted by atomic mass is 32.2. The standard InChI is InChI=1S/C14H14O6S2/c1-11(21(15,16)17)12-7-9-13(10-8-12)20-22(18,19)14-5-3-2-4-6-14/h2-11H,1H3,(H,15,16,17)/t11-/m0/s1. The minimum Gasteiger partial charge on any atom is -0.379 e. The van der Waals surface area contributed by atoms with Gasteiger partial charge in [-0.2, -0.15) is 16.8 Å². The lowest BCUT2D eigenvalue weighted by atomic mass is 10.2. The van der Waals surface area contributed by atoms with Gasteiger partial charge in [0, 0.05) is 0 Å². The lowest BCUT2D eigenvalue weighted by Crippen LogP contribution is -2.10. The maximum absolute atomic E-state index is 12.0. The molecule has 1 atom stereocenters. The smallest absolute Gasteiger partial charge is 0.339 e. The molecule has 2 aromatic rings. The third-order valence-corrected chi connectivity index (χ3v) is 5.46. The summed E-state index contributed by atoms with van der Waals surface area (Å²) in [4.78, 5) is 0.0189. The van der Waals surface area contributed by atoms with Crippen LogP contribution in [0.5, 0.6) is 5.75 Å². The van der Waals surface area contributed by atoms with Gasteiger partial charge in [-0.05, 0) is 36.8 Å². The van der Waals surface area contributed by atoms with E-state index in [2.05, 4.69) is 0 Å². The van der Waals surface area contributed by atoms with E-state index in [0.717, 1.165) is 0 Å². The second-order valence-electron chi connectivity index (χ2n) is 4.58. The van der Waals surface area contributed by atoms with Crippen molar-refractivity contribution in [3.63, 3.8) is 0 Å². The summed E-state index contributed by atoms with van der Waals surface area (Å²) in [5, 5.41) is -1.10. The van der Waals surface area contributed by atoms with Crippen LogP contribution in [0.4, 0.5) is 0 Å². The van der Waals surface area contributed by atoms with Crippen LogP contribution in [0, 0.1) is 0 Å². The molecule has 8 heteroatoms. The van der Waals surface area contributed by atoms with Gasteiger partial charge in [-0.1, -0.05) is 30.3 Å². The largest absolute Gasteiger partial charge is 0.379 e. The van der Waals surface area contributed by atoms with E-state index in [1.54, 1.807) is 18.2 Å². The van der Waals surface area contributed by atoms with Crippen LogP contribution in [-0.2, 0) is 20.2 Å². The van der Waals surface area contributed by atoms with Crippen molar-refractivity contribution in [3.8, 4) is 5.75 Å². The van der Waals surface area contributed by atoms with Crippen LogP contribution in [0.1, 0.15) is 17.7 Å². The molecule has 0 spiro atoms. The second-order valence-corrected chi connectivity index (χ2v) is 7.86. The van der Waals surface area contributed by atoms with Crippen molar-refractivity contribution in [2.45, 2.75) is 17.1 Å². The van der Waals surface area contributed by atoms with E-state index in [9.17, 15) is 16.8 Å². The van der Waals surface area contributed by atoms with Crippen LogP contribution in [0.3, 0.4) is 0 Å². The normalized spacial score (nSPS) is 13.5. The van der Waals surface area contributed by atoms with Crippen molar-refractivity contribution in [1.82, 2.24) is 0 Å². The van der Waals surface area contributed by atoms with Gasteiger partial charge in [0.2, 0.25) is 0 Å². The number of hydrogen-bond donors (Lipinski definition) is 1. The Kier molecular flexibility index (Phi) is 4.55. The predicted molar refractivity (Wildman–Crippen MR) is 80.7 cm³/mol. The molecule has 0 amide bonds. The monoisotopic (exact) mass is 342 g/mol. The summed E-state index contributed by atoms with van der Waals surface area (Å²) in [6.07, 6.45) is 0. The maximum Gasteiger partial charge on any atom is 0.339 e. The number of hydrogen-bond acceptors (Lipinski definition) is 5. The van der Waals surface area contributed by atoms with E-state index in [4.69, 9.17) is 8.74 Å². The molecule has 0 heterocycles. The number of rotatable bonds is 5. The van der Waals surface area contributed by atoms with Gasteiger partial charge in [0.1, 0.15) is 15.9 Å². The highest BCUT2D eigenvalue weighted by Gasteiger charge is 2.20. The molecule has 118 valence electrons. The van der Waals surface area contributed by atoms with Gasteiger partial charge in [0.25, 0.3) is 10.1 Å². The summed E-state index contributed by atoms with van der Waals surface area (Å²) in [5.74, 6) is 0.0511. The van der Waals surface area contributed by atoms with Crippen LogP contribution in [0.25, 0.3) is 0 Å². The Balaban J connectivity index is 2.22. The zero-order valence-corrected chi connectivity index (χ0v) is 13.2. The molecule has 22 heavy (non-hydrogen) atoms. The van der Waals surface area contributed by atoms with Gasteiger partial charge >= 0.3 is 10.1 Å². The Morgan fingerprint density at radius 3 is 1.95 bits per heavy atom. The van der Waals surface area contributed by atoms with Gasteiger partial charge < -0.3 is 4.18 Å². The summed E-state index contributed by atoms with van der Waals surface area (Å²) >= 11 is 0. The fraction of sp³-hybridized carbons (Fsp3) is 0.143. The van der Waals surface area contributed by atoms with Gasteiger partial charge in [-0.15, -0.1) is 0 Å². The van der Waals surface area contributed by atoms with Gasteiger partial charge in [0.05, 0.1) is 0 Å². The minimum atomic E-state index is -4.21. The Morgan fingerprint density at radius 1 is 0.909 bits per heavy atom. The molecule has 0 unspecified atom stereocenters. The second kappa shape index (κ2) is 6.07. The van der Waals surface area contributed by atoms with Gasteiger partial charge in [-0.3, -0.25) is 4.55 Å². The summed E-state index contributed by atoms with van der Waals surface area (Å²) in [6, 6.07) is 13.1. The number of benzene rings is 2. The Bertz CT molecular complexity index is 840. The lowest BCUT2D eigenvalue weighted by molar-refractivity contribution is 0.471. The third-order valence-electron chi connectivity index (χ3n) is 3.03. The molecule has 0 radical (unpaired) electrons. The van der Waals surface area contributed by atoms with Crippen LogP contribution >= 0.6 is 0 Å². The molecule has 2 rings (SSSR count). The molecule has 2 aromatic carbocycles. The SMILES string of the molecule is C[C@@H](c1ccc(OS(=O)(=O)c2ccccc2)cc1)S(=O)(=O)O. The fourth-order valence-electron chi connectivity index (χ4n) is 1.73. The molecule has 6 nitrogen and oxygen atoms in total. The molecule has 1 N–H and O–H groups in total. The molecular formula is C14H14O6S2. The quantitative estimate of drug-likeness (QED) is 0.662. The zero-order valence-electron chi connectivity index (χ0n) is 11.6. The van der Waals surface area contributed by atoms with Crippen molar-refractivity contribution in [2.75, 3.05) is 0 Å². The average Bonchev–Trinajstić information content (AvgIpc) is 2.47. The van der Waals surface area contributed by atoms with E-state index in [1.165, 1.54) is 43.3 Å². The zero-order chi connectivity index (χ0) is 16.4. The molecule has 0 aromatic heterocycles. The highest BCUT2D eigenvalue weighted by molar-refractivity contribution is 7.87. The Hall–Kier alpha value is -1.90. The molecule has 0 aliphatic rings. The van der Waals surface area contributed by atoms with Crippen LogP contribution in [-0.4, -0.2) is 21.4 Å². The molecule has 0 aliphatic heterocycles. The first-order valence-corrected chi connectivity index (χ1v) is 9.17. The average molecular weight is 342 g/mol. The maximum atomic E-state index is 12.0. The van der Waals surface area contributed by atoms with Crippen LogP contribution in [0.15, 0.2) is 59.5 Å². The Labute approximate surface area is 129 Å². The summed E-state index contributed by atoms with van der Waals surface area (Å²) in [6.45, 7) is 1.33. The molecule has 0 bridgehead atoms. The van der Waals surface area contributed by atoms with E-state index in [1.807, 2.05) is 0 Å². The van der Waals surface area contributed by atoms with Crippen molar-refractivity contribution >= 4 is 20.2 Å². The summed E-state index contributed by atoms with van der Waals surface area (Å²) in [5.41, 5.74) is 0.326. The van der Waals surface area contributed by atoms with Crippen molar-refractivity contribution in [2.24, 2.45) is 0 Å². The first-order valence-electron chi connectivity index (χ1n) is 6.26. The van der Waals surface area contributed by atoms with Crippen LogP contribution < -0.4 is 4.18 Å². The molecule has 0 saturated heterocycles. The lowest BCUT2D eigenvalue weighted by Gasteiger charge is -2.10. The molecule has 0 fully saturated rings. The minimum absolute atomic E-state index is 0.0189. The topological polar surface area (TPSA) is 97.7 Å². The first kappa shape index (κ1) is 16.5. The van der Waals surface area contributed by atoms with E-state index in [-0.39, 0.29) is 10.6 Å². The van der Waals surface area contributed by atoms with Crippen molar-refractivity contribution < 1.29 is 25.6 Å². The summed E-state index contributed by atoms with van der Waals surface area (Å²) in [7, 11) is -8.15. The van der Waals surface area contributed by atoms with E-state index >= 15 is 0 Å². The van der Waals surface area contributed by atoms with Crippen molar-refractivity contribution in [1.29, 1.82) is 0 Å². The molecule has 0 aliphatic carbocycles. The molecular weight excluding hydrogens is 328 g/mol. The van der Waals surface area contributed by atoms with E-state index in [0.29, 0.717) is 5.56 Å². The van der Waals surface area contributed by atoms with Crippen molar-refractivity contribution in [3.05, 3.63) is 60.2 Å². The predicted octanol–water partition coefficient (Wildman–Crippen LogP) is 2.40. The highest BCUT2D eigenvalue weighted by Crippen LogP contribution is 2.24. The van der Waals surface area contributed by atoms with Crippen LogP contribution in [0.2, 0.25) is 0 Å². The van der Waals surface area contributed by atoms with E-state index < -0.39 is 25.5 Å². The van der Waals surface area contributed by atoms with Gasteiger partial charge in [0.15, 0.2) is 0 Å². The Morgan fingerprint density at radius 2 is 1.45 bits per heavy atom. The fourth-order valence-corrected chi connectivity index (χ4v) is 3.18. The summed E-state index contributed by atoms with van der Waals surface area (Å²) < 4.78 is 60.1.